The molecule has 1 atom stereocenters. The van der Waals surface area contributed by atoms with E-state index in [1.807, 2.05) is 26.0 Å². The maximum Gasteiger partial charge on any atom is 0.238 e. The van der Waals surface area contributed by atoms with Gasteiger partial charge < -0.3 is 10.4 Å². The van der Waals surface area contributed by atoms with Crippen molar-refractivity contribution >= 4 is 11.6 Å². The van der Waals surface area contributed by atoms with Crippen molar-refractivity contribution in [1.29, 1.82) is 0 Å². The van der Waals surface area contributed by atoms with Crippen LogP contribution in [0.3, 0.4) is 0 Å². The summed E-state index contributed by atoms with van der Waals surface area (Å²) in [5.41, 5.74) is 3.14. The predicted octanol–water partition coefficient (Wildman–Crippen LogP) is 1.70. The molecule has 1 aliphatic heterocycles. The number of aliphatic hydroxyl groups is 1. The Bertz CT molecular complexity index is 439. The molecule has 0 saturated carbocycles. The summed E-state index contributed by atoms with van der Waals surface area (Å²) in [7, 11) is 0. The van der Waals surface area contributed by atoms with Crippen molar-refractivity contribution in [2.75, 3.05) is 25.0 Å². The van der Waals surface area contributed by atoms with Gasteiger partial charge in [0, 0.05) is 11.7 Å². The normalized spacial score (nSPS) is 19.6. The molecule has 4 nitrogen and oxygen atoms in total. The van der Waals surface area contributed by atoms with Crippen molar-refractivity contribution in [3.63, 3.8) is 0 Å². The lowest BCUT2D eigenvalue weighted by atomic mass is 10.1. The van der Waals surface area contributed by atoms with Crippen LogP contribution in [0.2, 0.25) is 0 Å². The molecule has 0 aromatic heterocycles. The molecule has 1 aromatic rings. The fourth-order valence-corrected chi connectivity index (χ4v) is 2.74. The number of carbonyl (C=O) groups excluding carboxylic acids is 1. The van der Waals surface area contributed by atoms with Gasteiger partial charge in [0.15, 0.2) is 0 Å². The van der Waals surface area contributed by atoms with Gasteiger partial charge >= 0.3 is 0 Å². The molecule has 0 bridgehead atoms. The average molecular weight is 262 g/mol. The first-order chi connectivity index (χ1) is 9.08. The van der Waals surface area contributed by atoms with E-state index >= 15 is 0 Å². The molecular formula is C15H22N2O2. The first-order valence-corrected chi connectivity index (χ1v) is 6.81. The highest BCUT2D eigenvalue weighted by molar-refractivity contribution is 5.92. The number of benzene rings is 1. The highest BCUT2D eigenvalue weighted by atomic mass is 16.3. The quantitative estimate of drug-likeness (QED) is 0.868. The van der Waals surface area contributed by atoms with E-state index in [-0.39, 0.29) is 18.6 Å². The number of amides is 1. The third-order valence-corrected chi connectivity index (χ3v) is 3.56. The number of anilines is 1. The van der Waals surface area contributed by atoms with E-state index in [1.165, 1.54) is 0 Å². The van der Waals surface area contributed by atoms with Crippen LogP contribution in [0.1, 0.15) is 24.0 Å². The Morgan fingerprint density at radius 1 is 1.37 bits per heavy atom. The first kappa shape index (κ1) is 14.0. The number of hydrogen-bond donors (Lipinski definition) is 2. The largest absolute Gasteiger partial charge is 0.395 e. The zero-order valence-electron chi connectivity index (χ0n) is 11.6. The van der Waals surface area contributed by atoms with Gasteiger partial charge in [-0.25, -0.2) is 0 Å². The third-order valence-electron chi connectivity index (χ3n) is 3.56. The minimum atomic E-state index is -0.00894. The fraction of sp³-hybridized carbons (Fsp3) is 0.533. The van der Waals surface area contributed by atoms with Crippen molar-refractivity contribution in [1.82, 2.24) is 4.90 Å². The molecule has 1 aromatic carbocycles. The minimum absolute atomic E-state index is 0.00894. The lowest BCUT2D eigenvalue weighted by Crippen LogP contribution is -2.38. The predicted molar refractivity (Wildman–Crippen MR) is 76.2 cm³/mol. The smallest absolute Gasteiger partial charge is 0.238 e. The Hall–Kier alpha value is -1.39. The molecule has 2 rings (SSSR count). The van der Waals surface area contributed by atoms with Crippen LogP contribution in [0, 0.1) is 13.8 Å². The number of nitrogens with one attached hydrogen (secondary N) is 1. The summed E-state index contributed by atoms with van der Waals surface area (Å²) in [5.74, 6) is -0.00894. The molecule has 0 spiro atoms. The lowest BCUT2D eigenvalue weighted by molar-refractivity contribution is -0.117. The van der Waals surface area contributed by atoms with Gasteiger partial charge in [-0.3, -0.25) is 9.69 Å². The van der Waals surface area contributed by atoms with Gasteiger partial charge in [-0.05, 0) is 56.5 Å². The minimum Gasteiger partial charge on any atom is -0.395 e. The van der Waals surface area contributed by atoms with E-state index in [0.29, 0.717) is 6.54 Å². The average Bonchev–Trinajstić information content (AvgIpc) is 2.74. The summed E-state index contributed by atoms with van der Waals surface area (Å²) in [6.07, 6.45) is 2.04. The second kappa shape index (κ2) is 6.17. The first-order valence-electron chi connectivity index (χ1n) is 6.81. The lowest BCUT2D eigenvalue weighted by Gasteiger charge is -2.21. The number of nitrogens with zero attached hydrogens (tertiary/aromatic N) is 1. The number of carbonyl (C=O) groups is 1. The topological polar surface area (TPSA) is 52.6 Å². The number of aliphatic hydroxyl groups excluding tert-OH is 1. The molecule has 1 saturated heterocycles. The maximum atomic E-state index is 12.0. The van der Waals surface area contributed by atoms with Crippen molar-refractivity contribution in [3.05, 3.63) is 29.3 Å². The SMILES string of the molecule is Cc1cc(C)cc(NC(=O)CN2CCC[C@@H]2CO)c1. The van der Waals surface area contributed by atoms with Gasteiger partial charge in [0.05, 0.1) is 13.2 Å². The molecule has 104 valence electrons. The Labute approximate surface area is 114 Å². The monoisotopic (exact) mass is 262 g/mol. The molecule has 0 unspecified atom stereocenters. The molecule has 1 amide bonds. The van der Waals surface area contributed by atoms with E-state index < -0.39 is 0 Å². The van der Waals surface area contributed by atoms with Crippen LogP contribution in [0.5, 0.6) is 0 Å². The van der Waals surface area contributed by atoms with Crippen molar-refractivity contribution < 1.29 is 9.90 Å². The van der Waals surface area contributed by atoms with Gasteiger partial charge in [-0.1, -0.05) is 6.07 Å². The van der Waals surface area contributed by atoms with E-state index in [2.05, 4.69) is 16.3 Å². The number of hydrogen-bond acceptors (Lipinski definition) is 3. The standard InChI is InChI=1S/C15H22N2O2/c1-11-6-12(2)8-13(7-11)16-15(19)9-17-5-3-4-14(17)10-18/h6-8,14,18H,3-5,9-10H2,1-2H3,(H,16,19)/t14-/m1/s1. The molecule has 2 N–H and O–H groups in total. The molecular weight excluding hydrogens is 240 g/mol. The van der Waals surface area contributed by atoms with Gasteiger partial charge in [-0.2, -0.15) is 0 Å². The van der Waals surface area contributed by atoms with Crippen LogP contribution in [-0.4, -0.2) is 41.7 Å². The van der Waals surface area contributed by atoms with Crippen LogP contribution >= 0.6 is 0 Å². The zero-order chi connectivity index (χ0) is 13.8. The number of rotatable bonds is 4. The summed E-state index contributed by atoms with van der Waals surface area (Å²) in [6, 6.07) is 6.17. The number of aryl methyl sites for hydroxylation is 2. The van der Waals surface area contributed by atoms with E-state index in [9.17, 15) is 9.90 Å². The molecule has 4 heteroatoms. The molecule has 19 heavy (non-hydrogen) atoms. The summed E-state index contributed by atoms with van der Waals surface area (Å²) in [5, 5.41) is 12.2. The van der Waals surface area contributed by atoms with E-state index in [0.717, 1.165) is 36.2 Å². The zero-order valence-corrected chi connectivity index (χ0v) is 11.6. The van der Waals surface area contributed by atoms with Crippen molar-refractivity contribution in [2.24, 2.45) is 0 Å². The molecule has 1 fully saturated rings. The molecule has 1 heterocycles. The summed E-state index contributed by atoms with van der Waals surface area (Å²) in [6.45, 7) is 5.43. The molecule has 1 aliphatic rings. The second-order valence-electron chi connectivity index (χ2n) is 5.37. The Kier molecular flexibility index (Phi) is 4.56. The highest BCUT2D eigenvalue weighted by Crippen LogP contribution is 2.17. The van der Waals surface area contributed by atoms with Gasteiger partial charge in [0.2, 0.25) is 5.91 Å². The van der Waals surface area contributed by atoms with Crippen LogP contribution in [0.25, 0.3) is 0 Å². The highest BCUT2D eigenvalue weighted by Gasteiger charge is 2.25. The summed E-state index contributed by atoms with van der Waals surface area (Å²) in [4.78, 5) is 14.1. The van der Waals surface area contributed by atoms with Crippen molar-refractivity contribution in [3.8, 4) is 0 Å². The maximum absolute atomic E-state index is 12.0. The Balaban J connectivity index is 1.93. The second-order valence-corrected chi connectivity index (χ2v) is 5.37. The van der Waals surface area contributed by atoms with Crippen LogP contribution in [0.15, 0.2) is 18.2 Å². The summed E-state index contributed by atoms with van der Waals surface area (Å²) < 4.78 is 0. The van der Waals surface area contributed by atoms with Crippen molar-refractivity contribution in [2.45, 2.75) is 32.7 Å². The van der Waals surface area contributed by atoms with E-state index in [4.69, 9.17) is 0 Å². The van der Waals surface area contributed by atoms with Crippen LogP contribution < -0.4 is 5.32 Å². The van der Waals surface area contributed by atoms with Crippen LogP contribution in [-0.2, 0) is 4.79 Å². The Morgan fingerprint density at radius 3 is 2.68 bits per heavy atom. The van der Waals surface area contributed by atoms with Gasteiger partial charge in [0.25, 0.3) is 0 Å². The third kappa shape index (κ3) is 3.78. The van der Waals surface area contributed by atoms with Crippen LogP contribution in [0.4, 0.5) is 5.69 Å². The fourth-order valence-electron chi connectivity index (χ4n) is 2.74. The Morgan fingerprint density at radius 2 is 2.05 bits per heavy atom. The van der Waals surface area contributed by atoms with Gasteiger partial charge in [-0.15, -0.1) is 0 Å². The van der Waals surface area contributed by atoms with Gasteiger partial charge in [0.1, 0.15) is 0 Å². The number of likely N-dealkylation sites (tertiary alicyclic amines) is 1. The summed E-state index contributed by atoms with van der Waals surface area (Å²) >= 11 is 0. The molecule has 0 radical (unpaired) electrons. The van der Waals surface area contributed by atoms with E-state index in [1.54, 1.807) is 0 Å². The molecule has 0 aliphatic carbocycles.